The van der Waals surface area contributed by atoms with Crippen LogP contribution in [0.4, 0.5) is 18.9 Å². The number of nitrogens with one attached hydrogen (secondary N) is 1. The van der Waals surface area contributed by atoms with Gasteiger partial charge in [0.15, 0.2) is 5.82 Å². The lowest BCUT2D eigenvalue weighted by atomic mass is 9.96. The predicted molar refractivity (Wildman–Crippen MR) is 135 cm³/mol. The van der Waals surface area contributed by atoms with Crippen LogP contribution in [0.2, 0.25) is 5.02 Å². The summed E-state index contributed by atoms with van der Waals surface area (Å²) in [7, 11) is 0. The number of carbonyl (C=O) groups is 2. The Morgan fingerprint density at radius 3 is 2.77 bits per heavy atom. The number of rotatable bonds is 5. The van der Waals surface area contributed by atoms with E-state index >= 15 is 4.39 Å². The SMILES string of the molecule is O=C(Nc1ccc2nn(C(F)F)cc2c1)[C@@H]1CC[C@@H]2CCC(c3c(-n4cnnn4)ccc(Cl)c3F)=CC(=O)N21. The second-order valence-electron chi connectivity index (χ2n) is 9.36. The van der Waals surface area contributed by atoms with Crippen molar-refractivity contribution in [2.45, 2.75) is 44.3 Å². The summed E-state index contributed by atoms with van der Waals surface area (Å²) >= 11 is 6.08. The van der Waals surface area contributed by atoms with Crippen molar-refractivity contribution >= 4 is 45.6 Å². The molecule has 0 radical (unpaired) electrons. The molecule has 1 N–H and O–H groups in total. The highest BCUT2D eigenvalue weighted by atomic mass is 35.5. The fourth-order valence-electron chi connectivity index (χ4n) is 5.33. The second-order valence-corrected chi connectivity index (χ2v) is 9.77. The molecule has 2 aromatic carbocycles. The number of anilines is 1. The Morgan fingerprint density at radius 2 is 2.00 bits per heavy atom. The molecule has 10 nitrogen and oxygen atoms in total. The van der Waals surface area contributed by atoms with Crippen LogP contribution >= 0.6 is 11.6 Å². The van der Waals surface area contributed by atoms with Gasteiger partial charge in [-0.05, 0) is 72.0 Å². The number of fused-ring (bicyclic) bond motifs is 2. The molecule has 200 valence electrons. The second kappa shape index (κ2) is 9.80. The molecule has 0 aliphatic carbocycles. The fraction of sp³-hybridized carbons (Fsp3) is 0.280. The van der Waals surface area contributed by atoms with Crippen molar-refractivity contribution in [3.8, 4) is 5.69 Å². The molecule has 2 aliphatic rings. The van der Waals surface area contributed by atoms with Crippen molar-refractivity contribution in [1.82, 2.24) is 34.9 Å². The highest BCUT2D eigenvalue weighted by molar-refractivity contribution is 6.31. The summed E-state index contributed by atoms with van der Waals surface area (Å²) < 4.78 is 43.1. The standard InChI is InChI=1S/C25H20ClF3N8O2/c26-17-5-8-19(36-12-30-33-34-36)22(23(17)27)13-1-3-16-4-7-20(37(16)21(38)10-13)24(39)31-15-2-6-18-14(9-15)11-35(32-18)25(28)29/h2,5-6,8-12,16,20,25H,1,3-4,7H2,(H,31,39)/t16-,20-/m0/s1. The Balaban J connectivity index is 1.27. The quantitative estimate of drug-likeness (QED) is 0.391. The fourth-order valence-corrected chi connectivity index (χ4v) is 5.49. The summed E-state index contributed by atoms with van der Waals surface area (Å²) in [4.78, 5) is 28.3. The molecule has 1 fully saturated rings. The average Bonchev–Trinajstić information content (AvgIpc) is 3.66. The zero-order chi connectivity index (χ0) is 27.3. The lowest BCUT2D eigenvalue weighted by Gasteiger charge is -2.27. The predicted octanol–water partition coefficient (Wildman–Crippen LogP) is 4.38. The van der Waals surface area contributed by atoms with Gasteiger partial charge in [-0.3, -0.25) is 9.59 Å². The largest absolute Gasteiger partial charge is 0.333 e. The van der Waals surface area contributed by atoms with Gasteiger partial charge in [0.1, 0.15) is 12.4 Å². The summed E-state index contributed by atoms with van der Waals surface area (Å²) in [6.45, 7) is -2.78. The van der Waals surface area contributed by atoms with Crippen molar-refractivity contribution in [1.29, 1.82) is 0 Å². The number of aromatic nitrogens is 6. The summed E-state index contributed by atoms with van der Waals surface area (Å²) in [6, 6.07) is 6.66. The number of hydrogen-bond donors (Lipinski definition) is 1. The summed E-state index contributed by atoms with van der Waals surface area (Å²) in [5.41, 5.74) is 1.66. The molecule has 0 saturated carbocycles. The third-order valence-corrected chi connectivity index (χ3v) is 7.38. The third kappa shape index (κ3) is 4.52. The summed E-state index contributed by atoms with van der Waals surface area (Å²) in [5.74, 6) is -1.50. The molecular weight excluding hydrogens is 537 g/mol. The van der Waals surface area contributed by atoms with Crippen molar-refractivity contribution in [3.05, 3.63) is 65.3 Å². The molecule has 14 heteroatoms. The van der Waals surface area contributed by atoms with Crippen LogP contribution in [-0.2, 0) is 9.59 Å². The molecule has 2 aliphatic heterocycles. The Kier molecular flexibility index (Phi) is 6.29. The monoisotopic (exact) mass is 556 g/mol. The van der Waals surface area contributed by atoms with E-state index in [0.29, 0.717) is 58.2 Å². The van der Waals surface area contributed by atoms with Crippen molar-refractivity contribution in [3.63, 3.8) is 0 Å². The van der Waals surface area contributed by atoms with Crippen molar-refractivity contribution in [2.24, 2.45) is 0 Å². The summed E-state index contributed by atoms with van der Waals surface area (Å²) in [6.07, 6.45) is 5.81. The third-order valence-electron chi connectivity index (χ3n) is 7.08. The normalized spacial score (nSPS) is 19.4. The highest BCUT2D eigenvalue weighted by Gasteiger charge is 2.41. The minimum atomic E-state index is -2.78. The van der Waals surface area contributed by atoms with Crippen molar-refractivity contribution in [2.75, 3.05) is 5.32 Å². The van der Waals surface area contributed by atoms with E-state index in [1.54, 1.807) is 18.2 Å². The molecule has 4 aromatic rings. The number of halogens is 4. The number of hydrogen-bond acceptors (Lipinski definition) is 6. The first-order valence-electron chi connectivity index (χ1n) is 12.1. The molecule has 39 heavy (non-hydrogen) atoms. The minimum Gasteiger partial charge on any atom is -0.324 e. The molecule has 2 amide bonds. The minimum absolute atomic E-state index is 0.103. The molecule has 2 aromatic heterocycles. The lowest BCUT2D eigenvalue weighted by Crippen LogP contribution is -2.45. The van der Waals surface area contributed by atoms with Gasteiger partial charge in [-0.2, -0.15) is 18.6 Å². The molecule has 0 unspecified atom stereocenters. The van der Waals surface area contributed by atoms with Crippen molar-refractivity contribution < 1.29 is 22.8 Å². The number of amides is 2. The van der Waals surface area contributed by atoms with E-state index in [2.05, 4.69) is 25.9 Å². The van der Waals surface area contributed by atoms with E-state index in [1.165, 1.54) is 40.3 Å². The first-order valence-corrected chi connectivity index (χ1v) is 12.5. The van der Waals surface area contributed by atoms with Crippen LogP contribution in [0.1, 0.15) is 37.8 Å². The van der Waals surface area contributed by atoms with Gasteiger partial charge < -0.3 is 10.2 Å². The van der Waals surface area contributed by atoms with Gasteiger partial charge in [-0.25, -0.2) is 9.07 Å². The molecule has 0 spiro atoms. The smallest absolute Gasteiger partial charge is 0.324 e. The van der Waals surface area contributed by atoms with Crippen LogP contribution in [0, 0.1) is 5.82 Å². The van der Waals surface area contributed by atoms with Crippen LogP contribution < -0.4 is 5.32 Å². The summed E-state index contributed by atoms with van der Waals surface area (Å²) in [5, 5.41) is 18.0. The Labute approximate surface area is 224 Å². The van der Waals surface area contributed by atoms with E-state index in [1.807, 2.05) is 0 Å². The molecule has 4 heterocycles. The number of carbonyl (C=O) groups excluding carboxylic acids is 2. The van der Waals surface area contributed by atoms with Gasteiger partial charge in [0, 0.05) is 35.0 Å². The number of allylic oxidation sites excluding steroid dienone is 1. The number of alkyl halides is 2. The Bertz CT molecular complexity index is 1620. The van der Waals surface area contributed by atoms with Gasteiger partial charge in [-0.15, -0.1) is 5.10 Å². The zero-order valence-electron chi connectivity index (χ0n) is 20.1. The van der Waals surface area contributed by atoms with E-state index < -0.39 is 30.2 Å². The van der Waals surface area contributed by atoms with Crippen LogP contribution in [-0.4, -0.2) is 58.8 Å². The average molecular weight is 557 g/mol. The van der Waals surface area contributed by atoms with Crippen LogP contribution in [0.15, 0.2) is 48.9 Å². The maximum atomic E-state index is 15.3. The lowest BCUT2D eigenvalue weighted by molar-refractivity contribution is -0.134. The molecule has 2 atom stereocenters. The number of benzene rings is 2. The molecule has 6 rings (SSSR count). The van der Waals surface area contributed by atoms with E-state index in [-0.39, 0.29) is 16.6 Å². The number of nitrogens with zero attached hydrogens (tertiary/aromatic N) is 7. The topological polar surface area (TPSA) is 111 Å². The Morgan fingerprint density at radius 1 is 1.15 bits per heavy atom. The van der Waals surface area contributed by atoms with Gasteiger partial charge in [0.25, 0.3) is 0 Å². The highest BCUT2D eigenvalue weighted by Crippen LogP contribution is 2.38. The van der Waals surface area contributed by atoms with Gasteiger partial charge in [0.2, 0.25) is 11.8 Å². The van der Waals surface area contributed by atoms with Gasteiger partial charge in [-0.1, -0.05) is 11.6 Å². The first-order chi connectivity index (χ1) is 18.8. The Hall–Kier alpha value is -4.26. The maximum Gasteiger partial charge on any atom is 0.333 e. The first kappa shape index (κ1) is 25.0. The van der Waals surface area contributed by atoms with E-state index in [0.717, 1.165) is 0 Å². The zero-order valence-corrected chi connectivity index (χ0v) is 20.9. The number of tetrazole rings is 1. The van der Waals surface area contributed by atoms with E-state index in [4.69, 9.17) is 11.6 Å². The van der Waals surface area contributed by atoms with Crippen LogP contribution in [0.25, 0.3) is 22.2 Å². The van der Waals surface area contributed by atoms with Gasteiger partial charge >= 0.3 is 6.55 Å². The van der Waals surface area contributed by atoms with Gasteiger partial charge in [0.05, 0.1) is 16.2 Å². The van der Waals surface area contributed by atoms with Crippen LogP contribution in [0.5, 0.6) is 0 Å². The van der Waals surface area contributed by atoms with Crippen LogP contribution in [0.3, 0.4) is 0 Å². The van der Waals surface area contributed by atoms with E-state index in [9.17, 15) is 18.4 Å². The molecule has 0 bridgehead atoms. The molecule has 1 saturated heterocycles. The molecular formula is C25H20ClF3N8O2. The maximum absolute atomic E-state index is 15.3.